The van der Waals surface area contributed by atoms with E-state index in [1.807, 2.05) is 0 Å². The van der Waals surface area contributed by atoms with Crippen LogP contribution in [-0.4, -0.2) is 12.8 Å². The summed E-state index contributed by atoms with van der Waals surface area (Å²) in [6, 6.07) is 0. The fourth-order valence-electron chi connectivity index (χ4n) is 0.0818. The third-order valence-electron chi connectivity index (χ3n) is 0.236. The van der Waals surface area contributed by atoms with Crippen molar-refractivity contribution in [2.45, 2.75) is 6.18 Å². The van der Waals surface area contributed by atoms with E-state index in [0.29, 0.717) is 0 Å². The molecular formula is C3H2F3O. The molecule has 0 aliphatic rings. The molecule has 0 saturated heterocycles. The third kappa shape index (κ3) is 5.75. The lowest BCUT2D eigenvalue weighted by atomic mass is 10.7. The minimum atomic E-state index is -4.36. The highest BCUT2D eigenvalue weighted by Crippen LogP contribution is 2.13. The molecule has 0 rings (SSSR count). The van der Waals surface area contributed by atoms with E-state index in [1.54, 1.807) is 0 Å². The van der Waals surface area contributed by atoms with Crippen LogP contribution in [-0.2, 0) is 4.74 Å². The van der Waals surface area contributed by atoms with Crippen molar-refractivity contribution in [3.63, 3.8) is 0 Å². The van der Waals surface area contributed by atoms with Gasteiger partial charge in [-0.25, -0.2) is 0 Å². The molecule has 0 unspecified atom stereocenters. The van der Waals surface area contributed by atoms with Crippen molar-refractivity contribution in [2.75, 3.05) is 6.61 Å². The van der Waals surface area contributed by atoms with Crippen molar-refractivity contribution < 1.29 is 17.9 Å². The molecule has 4 heteroatoms. The first kappa shape index (κ1) is 6.75. The lowest BCUT2D eigenvalue weighted by molar-refractivity contribution is -0.162. The van der Waals surface area contributed by atoms with Gasteiger partial charge in [-0.15, -0.1) is 0 Å². The fourth-order valence-corrected chi connectivity index (χ4v) is 0.0818. The highest BCUT2D eigenvalue weighted by atomic mass is 19.4. The number of hydrogen-bond acceptors (Lipinski definition) is 1. The molecule has 0 N–H and O–H groups in total. The highest BCUT2D eigenvalue weighted by Gasteiger charge is 2.26. The van der Waals surface area contributed by atoms with Gasteiger partial charge in [-0.3, -0.25) is 0 Å². The van der Waals surface area contributed by atoms with E-state index in [4.69, 9.17) is 7.11 Å². The monoisotopic (exact) mass is 111 g/mol. The van der Waals surface area contributed by atoms with Crippen LogP contribution in [0.2, 0.25) is 0 Å². The lowest BCUT2D eigenvalue weighted by Crippen LogP contribution is -2.14. The van der Waals surface area contributed by atoms with Crippen LogP contribution in [0.15, 0.2) is 0 Å². The fraction of sp³-hybridized carbons (Fsp3) is 0.667. The zero-order valence-electron chi connectivity index (χ0n) is 3.25. The first-order chi connectivity index (χ1) is 3.06. The van der Waals surface area contributed by atoms with Crippen molar-refractivity contribution in [1.29, 1.82) is 0 Å². The van der Waals surface area contributed by atoms with E-state index >= 15 is 0 Å². The Bertz CT molecular complexity index is 48.6. The van der Waals surface area contributed by atoms with Crippen LogP contribution >= 0.6 is 0 Å². The van der Waals surface area contributed by atoms with Crippen LogP contribution < -0.4 is 0 Å². The zero-order valence-corrected chi connectivity index (χ0v) is 3.25. The second-order valence-corrected chi connectivity index (χ2v) is 0.904. The summed E-state index contributed by atoms with van der Waals surface area (Å²) in [6.07, 6.45) is -4.36. The maximum Gasteiger partial charge on any atom is 0.411 e. The molecule has 0 aliphatic carbocycles. The Hall–Kier alpha value is -0.250. The number of rotatable bonds is 1. The second kappa shape index (κ2) is 2.16. The minimum absolute atomic E-state index is 1.49. The normalized spacial score (nSPS) is 12.0. The SMILES string of the molecule is [C]OCC(F)(F)F. The number of ether oxygens (including phenoxy) is 1. The van der Waals surface area contributed by atoms with Gasteiger partial charge in [-0.1, -0.05) is 0 Å². The molecule has 0 bridgehead atoms. The molecule has 0 atom stereocenters. The van der Waals surface area contributed by atoms with Crippen molar-refractivity contribution in [3.05, 3.63) is 7.11 Å². The topological polar surface area (TPSA) is 9.23 Å². The Kier molecular flexibility index (Phi) is 2.08. The van der Waals surface area contributed by atoms with Gasteiger partial charge in [-0.05, 0) is 0 Å². The van der Waals surface area contributed by atoms with Crippen LogP contribution in [0, 0.1) is 7.11 Å². The van der Waals surface area contributed by atoms with Gasteiger partial charge in [0.15, 0.2) is 7.11 Å². The van der Waals surface area contributed by atoms with Crippen molar-refractivity contribution in [3.8, 4) is 0 Å². The summed E-state index contributed by atoms with van der Waals surface area (Å²) in [4.78, 5) is 0. The van der Waals surface area contributed by atoms with E-state index in [2.05, 4.69) is 4.74 Å². The molecule has 0 aromatic carbocycles. The molecule has 0 spiro atoms. The van der Waals surface area contributed by atoms with Crippen LogP contribution in [0.4, 0.5) is 13.2 Å². The molecule has 0 fully saturated rings. The Morgan fingerprint density at radius 3 is 1.86 bits per heavy atom. The standard InChI is InChI=1S/C3H2F3O/c1-7-2-3(4,5)6/h2H2. The van der Waals surface area contributed by atoms with E-state index in [1.165, 1.54) is 0 Å². The molecule has 0 amide bonds. The van der Waals surface area contributed by atoms with Gasteiger partial charge < -0.3 is 4.74 Å². The molecule has 0 aromatic heterocycles. The minimum Gasteiger partial charge on any atom is -0.356 e. The van der Waals surface area contributed by atoms with Gasteiger partial charge in [0.1, 0.15) is 6.61 Å². The van der Waals surface area contributed by atoms with Crippen molar-refractivity contribution >= 4 is 0 Å². The first-order valence-electron chi connectivity index (χ1n) is 1.41. The van der Waals surface area contributed by atoms with Gasteiger partial charge >= 0.3 is 6.18 Å². The Morgan fingerprint density at radius 2 is 1.86 bits per heavy atom. The summed E-state index contributed by atoms with van der Waals surface area (Å²) in [5.41, 5.74) is 0. The van der Waals surface area contributed by atoms with Gasteiger partial charge in [0.2, 0.25) is 0 Å². The van der Waals surface area contributed by atoms with E-state index in [9.17, 15) is 13.2 Å². The molecule has 0 saturated carbocycles. The summed E-state index contributed by atoms with van der Waals surface area (Å²) >= 11 is 0. The molecule has 0 aliphatic heterocycles. The van der Waals surface area contributed by atoms with Gasteiger partial charge in [0.05, 0.1) is 0 Å². The first-order valence-corrected chi connectivity index (χ1v) is 1.41. The number of alkyl halides is 3. The van der Waals surface area contributed by atoms with Gasteiger partial charge in [0.25, 0.3) is 0 Å². The lowest BCUT2D eigenvalue weighted by Gasteiger charge is -2.00. The molecular weight excluding hydrogens is 109 g/mol. The summed E-state index contributed by atoms with van der Waals surface area (Å²) in [7, 11) is 5.64. The predicted molar refractivity (Wildman–Crippen MR) is 15.3 cm³/mol. The molecule has 0 aromatic rings. The zero-order chi connectivity index (χ0) is 5.91. The summed E-state index contributed by atoms with van der Waals surface area (Å²) in [6.45, 7) is -1.49. The van der Waals surface area contributed by atoms with Crippen LogP contribution in [0.3, 0.4) is 0 Å². The van der Waals surface area contributed by atoms with E-state index in [0.717, 1.165) is 0 Å². The van der Waals surface area contributed by atoms with Crippen molar-refractivity contribution in [1.82, 2.24) is 0 Å². The van der Waals surface area contributed by atoms with Crippen LogP contribution in [0.5, 0.6) is 0 Å². The maximum atomic E-state index is 10.8. The van der Waals surface area contributed by atoms with E-state index < -0.39 is 12.8 Å². The Morgan fingerprint density at radius 1 is 1.43 bits per heavy atom. The van der Waals surface area contributed by atoms with Crippen LogP contribution in [0.25, 0.3) is 0 Å². The summed E-state index contributed by atoms with van der Waals surface area (Å²) < 4.78 is 35.5. The van der Waals surface area contributed by atoms with Gasteiger partial charge in [-0.2, -0.15) is 13.2 Å². The van der Waals surface area contributed by atoms with E-state index in [-0.39, 0.29) is 0 Å². The van der Waals surface area contributed by atoms with Crippen LogP contribution in [0.1, 0.15) is 0 Å². The smallest absolute Gasteiger partial charge is 0.356 e. The highest BCUT2D eigenvalue weighted by molar-refractivity contribution is 4.43. The number of hydrogen-bond donors (Lipinski definition) is 0. The molecule has 3 radical (unpaired) electrons. The largest absolute Gasteiger partial charge is 0.411 e. The number of halogens is 3. The van der Waals surface area contributed by atoms with Crippen molar-refractivity contribution in [2.24, 2.45) is 0 Å². The molecule has 7 heavy (non-hydrogen) atoms. The molecule has 1 nitrogen and oxygen atoms in total. The molecule has 41 valence electrons. The van der Waals surface area contributed by atoms with Gasteiger partial charge in [0, 0.05) is 0 Å². The Labute approximate surface area is 39.1 Å². The Balaban J connectivity index is 3.15. The summed E-state index contributed by atoms with van der Waals surface area (Å²) in [5.74, 6) is 0. The quantitative estimate of drug-likeness (QED) is 0.492. The summed E-state index contributed by atoms with van der Waals surface area (Å²) in [5, 5.41) is 0. The molecule has 0 heterocycles. The average molecular weight is 111 g/mol. The maximum absolute atomic E-state index is 10.8. The average Bonchev–Trinajstić information content (AvgIpc) is 1.30. The second-order valence-electron chi connectivity index (χ2n) is 0.904. The third-order valence-corrected chi connectivity index (χ3v) is 0.236. The predicted octanol–water partition coefficient (Wildman–Crippen LogP) is 1.11.